The number of fused-ring (bicyclic) bond motifs is 1. The van der Waals surface area contributed by atoms with Gasteiger partial charge in [0.15, 0.2) is 0 Å². The first kappa shape index (κ1) is 7.46. The van der Waals surface area contributed by atoms with Gasteiger partial charge in [-0.05, 0) is 12.3 Å². The summed E-state index contributed by atoms with van der Waals surface area (Å²) in [5.41, 5.74) is -0.0217. The van der Waals surface area contributed by atoms with Gasteiger partial charge in [0.05, 0.1) is 0 Å². The van der Waals surface area contributed by atoms with Crippen molar-refractivity contribution in [1.29, 1.82) is 0 Å². The van der Waals surface area contributed by atoms with Crippen LogP contribution in [0.3, 0.4) is 0 Å². The van der Waals surface area contributed by atoms with E-state index in [0.717, 1.165) is 25.3 Å². The fourth-order valence-corrected chi connectivity index (χ4v) is 1.57. The van der Waals surface area contributed by atoms with Crippen LogP contribution in [-0.2, 0) is 6.54 Å². The summed E-state index contributed by atoms with van der Waals surface area (Å²) in [5, 5.41) is 5.97. The fourth-order valence-electron chi connectivity index (χ4n) is 1.57. The van der Waals surface area contributed by atoms with Gasteiger partial charge >= 0.3 is 0 Å². The largest absolute Gasteiger partial charge is 0.370 e. The molecule has 1 aliphatic rings. The molecule has 0 amide bonds. The van der Waals surface area contributed by atoms with E-state index in [0.29, 0.717) is 5.92 Å². The van der Waals surface area contributed by atoms with E-state index >= 15 is 0 Å². The highest BCUT2D eigenvalue weighted by Crippen LogP contribution is 2.14. The highest BCUT2D eigenvalue weighted by atomic mass is 16.1. The Bertz CT molecular complexity index is 325. The van der Waals surface area contributed by atoms with Crippen molar-refractivity contribution in [3.05, 3.63) is 16.4 Å². The number of aromatic amines is 1. The minimum absolute atomic E-state index is 0.0217. The Morgan fingerprint density at radius 1 is 1.67 bits per heavy atom. The summed E-state index contributed by atoms with van der Waals surface area (Å²) >= 11 is 0. The maximum Gasteiger partial charge on any atom is 0.266 e. The molecule has 12 heavy (non-hydrogen) atoms. The van der Waals surface area contributed by atoms with Crippen LogP contribution < -0.4 is 10.9 Å². The molecule has 0 saturated heterocycles. The molecule has 0 aliphatic carbocycles. The predicted molar refractivity (Wildman–Crippen MR) is 47.3 cm³/mol. The Balaban J connectivity index is 2.36. The molecule has 0 radical (unpaired) electrons. The van der Waals surface area contributed by atoms with Crippen molar-refractivity contribution in [3.63, 3.8) is 0 Å². The SMILES string of the molecule is CC1CCNc2cc(=O)[nH]n2C1. The minimum atomic E-state index is -0.0217. The van der Waals surface area contributed by atoms with Gasteiger partial charge in [-0.1, -0.05) is 6.92 Å². The summed E-state index contributed by atoms with van der Waals surface area (Å²) in [6.07, 6.45) is 1.16. The highest BCUT2D eigenvalue weighted by Gasteiger charge is 2.12. The van der Waals surface area contributed by atoms with Crippen molar-refractivity contribution in [2.24, 2.45) is 5.92 Å². The van der Waals surface area contributed by atoms with E-state index in [1.807, 2.05) is 4.68 Å². The molecule has 0 saturated carbocycles. The first-order valence-corrected chi connectivity index (χ1v) is 4.29. The van der Waals surface area contributed by atoms with E-state index in [1.54, 1.807) is 6.07 Å². The van der Waals surface area contributed by atoms with Gasteiger partial charge in [0.2, 0.25) is 0 Å². The Labute approximate surface area is 70.6 Å². The zero-order valence-electron chi connectivity index (χ0n) is 7.13. The maximum absolute atomic E-state index is 11.0. The molecular formula is C8H13N3O. The Hall–Kier alpha value is -1.19. The second kappa shape index (κ2) is 2.69. The number of hydrogen-bond donors (Lipinski definition) is 2. The van der Waals surface area contributed by atoms with E-state index in [-0.39, 0.29) is 5.56 Å². The van der Waals surface area contributed by atoms with Crippen molar-refractivity contribution in [2.75, 3.05) is 11.9 Å². The van der Waals surface area contributed by atoms with Crippen LogP contribution in [0.15, 0.2) is 10.9 Å². The number of nitrogens with one attached hydrogen (secondary N) is 2. The standard InChI is InChI=1S/C8H13N3O/c1-6-2-3-9-7-4-8(12)10-11(7)5-6/h4,6,9H,2-3,5H2,1H3,(H,10,12). The van der Waals surface area contributed by atoms with E-state index in [1.165, 1.54) is 0 Å². The van der Waals surface area contributed by atoms with E-state index in [2.05, 4.69) is 17.3 Å². The Morgan fingerprint density at radius 2 is 2.50 bits per heavy atom. The lowest BCUT2D eigenvalue weighted by Crippen LogP contribution is -2.10. The molecule has 0 fully saturated rings. The molecule has 66 valence electrons. The van der Waals surface area contributed by atoms with Crippen LogP contribution in [0.5, 0.6) is 0 Å². The van der Waals surface area contributed by atoms with Gasteiger partial charge in [0, 0.05) is 19.2 Å². The number of hydrogen-bond acceptors (Lipinski definition) is 2. The van der Waals surface area contributed by atoms with Crippen LogP contribution in [0.25, 0.3) is 0 Å². The van der Waals surface area contributed by atoms with E-state index in [4.69, 9.17) is 0 Å². The summed E-state index contributed by atoms with van der Waals surface area (Å²) in [6.45, 7) is 4.05. The minimum Gasteiger partial charge on any atom is -0.370 e. The second-order valence-corrected chi connectivity index (χ2v) is 3.44. The average Bonchev–Trinajstić information content (AvgIpc) is 2.23. The molecule has 2 heterocycles. The van der Waals surface area contributed by atoms with Crippen molar-refractivity contribution >= 4 is 5.82 Å². The third-order valence-corrected chi connectivity index (χ3v) is 2.24. The first-order chi connectivity index (χ1) is 5.75. The quantitative estimate of drug-likeness (QED) is 0.595. The van der Waals surface area contributed by atoms with Crippen LogP contribution in [0.4, 0.5) is 5.82 Å². The lowest BCUT2D eigenvalue weighted by Gasteiger charge is -2.06. The van der Waals surface area contributed by atoms with Gasteiger partial charge in [-0.15, -0.1) is 0 Å². The zero-order chi connectivity index (χ0) is 8.55. The molecule has 1 unspecified atom stereocenters. The molecule has 1 aromatic rings. The summed E-state index contributed by atoms with van der Waals surface area (Å²) < 4.78 is 1.89. The zero-order valence-corrected chi connectivity index (χ0v) is 7.13. The molecule has 4 nitrogen and oxygen atoms in total. The molecule has 1 aliphatic heterocycles. The van der Waals surface area contributed by atoms with Crippen LogP contribution >= 0.6 is 0 Å². The predicted octanol–water partition coefficient (Wildman–Crippen LogP) is 0.628. The van der Waals surface area contributed by atoms with Crippen LogP contribution in [0.1, 0.15) is 13.3 Å². The van der Waals surface area contributed by atoms with Crippen LogP contribution in [-0.4, -0.2) is 16.3 Å². The molecule has 0 spiro atoms. The van der Waals surface area contributed by atoms with Gasteiger partial charge < -0.3 is 5.32 Å². The number of H-pyrrole nitrogens is 1. The Morgan fingerprint density at radius 3 is 3.33 bits per heavy atom. The van der Waals surface area contributed by atoms with Crippen LogP contribution in [0, 0.1) is 5.92 Å². The van der Waals surface area contributed by atoms with Gasteiger partial charge in [-0.3, -0.25) is 14.6 Å². The summed E-state index contributed by atoms with van der Waals surface area (Å²) in [5.74, 6) is 1.55. The monoisotopic (exact) mass is 167 g/mol. The summed E-state index contributed by atoms with van der Waals surface area (Å²) in [7, 11) is 0. The van der Waals surface area contributed by atoms with Gasteiger partial charge in [0.1, 0.15) is 5.82 Å². The number of nitrogens with zero attached hydrogens (tertiary/aromatic N) is 1. The average molecular weight is 167 g/mol. The molecule has 2 rings (SSSR count). The molecular weight excluding hydrogens is 154 g/mol. The highest BCUT2D eigenvalue weighted by molar-refractivity contribution is 5.34. The molecule has 2 N–H and O–H groups in total. The maximum atomic E-state index is 11.0. The lowest BCUT2D eigenvalue weighted by atomic mass is 10.1. The molecule has 1 aromatic heterocycles. The van der Waals surface area contributed by atoms with Gasteiger partial charge in [0.25, 0.3) is 5.56 Å². The molecule has 1 atom stereocenters. The first-order valence-electron chi connectivity index (χ1n) is 4.29. The number of anilines is 1. The normalized spacial score (nSPS) is 22.6. The van der Waals surface area contributed by atoms with E-state index in [9.17, 15) is 4.79 Å². The van der Waals surface area contributed by atoms with Gasteiger partial charge in [-0.2, -0.15) is 0 Å². The number of aromatic nitrogens is 2. The third kappa shape index (κ3) is 1.24. The molecule has 0 aromatic carbocycles. The number of rotatable bonds is 0. The van der Waals surface area contributed by atoms with Crippen LogP contribution in [0.2, 0.25) is 0 Å². The van der Waals surface area contributed by atoms with Crippen molar-refractivity contribution in [2.45, 2.75) is 19.9 Å². The smallest absolute Gasteiger partial charge is 0.266 e. The van der Waals surface area contributed by atoms with Gasteiger partial charge in [-0.25, -0.2) is 0 Å². The van der Waals surface area contributed by atoms with Crippen molar-refractivity contribution in [1.82, 2.24) is 9.78 Å². The Kier molecular flexibility index (Phi) is 1.67. The van der Waals surface area contributed by atoms with Crippen molar-refractivity contribution in [3.8, 4) is 0 Å². The van der Waals surface area contributed by atoms with E-state index < -0.39 is 0 Å². The lowest BCUT2D eigenvalue weighted by molar-refractivity contribution is 0.451. The third-order valence-electron chi connectivity index (χ3n) is 2.24. The fraction of sp³-hybridized carbons (Fsp3) is 0.625. The molecule has 0 bridgehead atoms. The second-order valence-electron chi connectivity index (χ2n) is 3.44. The molecule has 4 heteroatoms. The topological polar surface area (TPSA) is 49.8 Å². The summed E-state index contributed by atoms with van der Waals surface area (Å²) in [6, 6.07) is 1.61. The van der Waals surface area contributed by atoms with Crippen molar-refractivity contribution < 1.29 is 0 Å². The summed E-state index contributed by atoms with van der Waals surface area (Å²) in [4.78, 5) is 11.0.